The van der Waals surface area contributed by atoms with Crippen molar-refractivity contribution in [3.8, 4) is 0 Å². The fourth-order valence-electron chi connectivity index (χ4n) is 1.49. The van der Waals surface area contributed by atoms with Crippen LogP contribution in [0.4, 0.5) is 0 Å². The van der Waals surface area contributed by atoms with E-state index in [9.17, 15) is 14.9 Å². The summed E-state index contributed by atoms with van der Waals surface area (Å²) >= 11 is 0. The highest BCUT2D eigenvalue weighted by Crippen LogP contribution is 2.19. The van der Waals surface area contributed by atoms with E-state index in [2.05, 4.69) is 10.1 Å². The van der Waals surface area contributed by atoms with Crippen molar-refractivity contribution in [1.82, 2.24) is 5.32 Å². The van der Waals surface area contributed by atoms with Crippen molar-refractivity contribution < 1.29 is 19.2 Å². The molecule has 1 rings (SSSR count). The largest absolute Gasteiger partial charge is 0.467 e. The van der Waals surface area contributed by atoms with Gasteiger partial charge in [-0.15, -0.1) is 0 Å². The molecule has 7 heteroatoms. The minimum absolute atomic E-state index is 0.0977. The number of nitrogens with one attached hydrogen (secondary N) is 1. The molecule has 1 aliphatic rings. The van der Waals surface area contributed by atoms with Gasteiger partial charge >= 0.3 is 5.97 Å². The smallest absolute Gasteiger partial charge is 0.331 e. The quantitative estimate of drug-likeness (QED) is 0.440. The summed E-state index contributed by atoms with van der Waals surface area (Å²) in [5.74, 6) is -0.584. The van der Waals surface area contributed by atoms with Crippen molar-refractivity contribution in [2.75, 3.05) is 13.7 Å². The standard InChI is InChI=1S/C10H14N2O5/c1-6-4-7(2)11-10(9(6)12(14)15)17-5-8(13)16-3/h4,10-11H,5H2,1-3H3/t10-/m0/s1. The van der Waals surface area contributed by atoms with Crippen LogP contribution in [0.3, 0.4) is 0 Å². The van der Waals surface area contributed by atoms with E-state index in [0.717, 1.165) is 5.70 Å². The zero-order chi connectivity index (χ0) is 13.0. The molecule has 94 valence electrons. The molecule has 0 saturated carbocycles. The van der Waals surface area contributed by atoms with Crippen molar-refractivity contribution in [1.29, 1.82) is 0 Å². The molecule has 1 aliphatic heterocycles. The maximum atomic E-state index is 10.9. The third-order valence-corrected chi connectivity index (χ3v) is 2.24. The van der Waals surface area contributed by atoms with Gasteiger partial charge in [-0.05, 0) is 19.9 Å². The van der Waals surface area contributed by atoms with Gasteiger partial charge in [0.2, 0.25) is 6.23 Å². The van der Waals surface area contributed by atoms with Crippen LogP contribution in [0.25, 0.3) is 0 Å². The number of nitro groups is 1. The van der Waals surface area contributed by atoms with Gasteiger partial charge in [-0.1, -0.05) is 0 Å². The van der Waals surface area contributed by atoms with Gasteiger partial charge in [-0.3, -0.25) is 10.1 Å². The van der Waals surface area contributed by atoms with E-state index in [0.29, 0.717) is 5.57 Å². The van der Waals surface area contributed by atoms with Gasteiger partial charge in [-0.25, -0.2) is 4.79 Å². The van der Waals surface area contributed by atoms with Crippen LogP contribution in [-0.4, -0.2) is 30.8 Å². The van der Waals surface area contributed by atoms with Gasteiger partial charge in [-0.2, -0.15) is 0 Å². The van der Waals surface area contributed by atoms with Crippen molar-refractivity contribution in [3.63, 3.8) is 0 Å². The number of esters is 1. The van der Waals surface area contributed by atoms with Crippen molar-refractivity contribution in [2.45, 2.75) is 20.1 Å². The monoisotopic (exact) mass is 242 g/mol. The van der Waals surface area contributed by atoms with Crippen LogP contribution >= 0.6 is 0 Å². The topological polar surface area (TPSA) is 90.7 Å². The van der Waals surface area contributed by atoms with E-state index in [4.69, 9.17) is 4.74 Å². The predicted molar refractivity (Wildman–Crippen MR) is 58.3 cm³/mol. The summed E-state index contributed by atoms with van der Waals surface area (Å²) in [7, 11) is 1.22. The average Bonchev–Trinajstić information content (AvgIpc) is 2.24. The highest BCUT2D eigenvalue weighted by molar-refractivity contribution is 5.70. The molecule has 0 spiro atoms. The van der Waals surface area contributed by atoms with E-state index >= 15 is 0 Å². The SMILES string of the molecule is COC(=O)CO[C@@H]1NC(C)=CC(C)=C1[N+](=O)[O-]. The molecule has 0 fully saturated rings. The number of ether oxygens (including phenoxy) is 2. The molecule has 0 saturated heterocycles. The molecular formula is C10H14N2O5. The summed E-state index contributed by atoms with van der Waals surface area (Å²) in [6, 6.07) is 0. The van der Waals surface area contributed by atoms with Crippen LogP contribution in [-0.2, 0) is 14.3 Å². The Hall–Kier alpha value is -1.89. The molecule has 1 heterocycles. The van der Waals surface area contributed by atoms with Crippen LogP contribution < -0.4 is 5.32 Å². The summed E-state index contributed by atoms with van der Waals surface area (Å²) in [6.07, 6.45) is 0.713. The Labute approximate surface area is 98.2 Å². The Kier molecular flexibility index (Phi) is 4.22. The Morgan fingerprint density at radius 3 is 2.76 bits per heavy atom. The molecule has 17 heavy (non-hydrogen) atoms. The van der Waals surface area contributed by atoms with E-state index in [1.54, 1.807) is 19.9 Å². The van der Waals surface area contributed by atoms with Crippen LogP contribution in [0.5, 0.6) is 0 Å². The number of allylic oxidation sites excluding steroid dienone is 3. The minimum atomic E-state index is -0.936. The zero-order valence-electron chi connectivity index (χ0n) is 9.85. The number of dihydropyridines is 1. The maximum Gasteiger partial charge on any atom is 0.331 e. The van der Waals surface area contributed by atoms with Gasteiger partial charge in [0.05, 0.1) is 12.0 Å². The Morgan fingerprint density at radius 2 is 2.24 bits per heavy atom. The number of nitrogens with zero attached hydrogens (tertiary/aromatic N) is 1. The lowest BCUT2D eigenvalue weighted by molar-refractivity contribution is -0.439. The van der Waals surface area contributed by atoms with Crippen molar-refractivity contribution >= 4 is 5.97 Å². The maximum absolute atomic E-state index is 10.9. The number of hydrogen-bond donors (Lipinski definition) is 1. The van der Waals surface area contributed by atoms with Crippen molar-refractivity contribution in [2.24, 2.45) is 0 Å². The Morgan fingerprint density at radius 1 is 1.59 bits per heavy atom. The molecule has 1 N–H and O–H groups in total. The fraction of sp³-hybridized carbons (Fsp3) is 0.500. The van der Waals surface area contributed by atoms with Crippen LogP contribution in [0.1, 0.15) is 13.8 Å². The second-order valence-corrected chi connectivity index (χ2v) is 3.56. The second kappa shape index (κ2) is 5.44. The molecule has 0 amide bonds. The van der Waals surface area contributed by atoms with Crippen molar-refractivity contribution in [3.05, 3.63) is 33.2 Å². The lowest BCUT2D eigenvalue weighted by atomic mass is 10.1. The Balaban J connectivity index is 2.81. The molecule has 0 aromatic rings. The van der Waals surface area contributed by atoms with E-state index in [-0.39, 0.29) is 12.3 Å². The molecule has 0 unspecified atom stereocenters. The molecule has 0 aromatic carbocycles. The van der Waals surface area contributed by atoms with E-state index in [1.165, 1.54) is 7.11 Å². The van der Waals surface area contributed by atoms with Gasteiger partial charge in [0.15, 0.2) is 0 Å². The summed E-state index contributed by atoms with van der Waals surface area (Å²) < 4.78 is 9.52. The minimum Gasteiger partial charge on any atom is -0.467 e. The van der Waals surface area contributed by atoms with Gasteiger partial charge in [0, 0.05) is 11.3 Å². The highest BCUT2D eigenvalue weighted by Gasteiger charge is 2.31. The third kappa shape index (κ3) is 3.28. The third-order valence-electron chi connectivity index (χ3n) is 2.24. The van der Waals surface area contributed by atoms with Gasteiger partial charge in [0.1, 0.15) is 6.61 Å². The lowest BCUT2D eigenvalue weighted by Crippen LogP contribution is -2.39. The molecule has 7 nitrogen and oxygen atoms in total. The Bertz CT molecular complexity index is 400. The molecule has 0 aliphatic carbocycles. The summed E-state index contributed by atoms with van der Waals surface area (Å²) in [6.45, 7) is 3.04. The van der Waals surface area contributed by atoms with Crippen LogP contribution in [0.2, 0.25) is 0 Å². The van der Waals surface area contributed by atoms with Gasteiger partial charge < -0.3 is 14.8 Å². The van der Waals surface area contributed by atoms with Crippen LogP contribution in [0, 0.1) is 10.1 Å². The molecule has 1 atom stereocenters. The molecule has 0 radical (unpaired) electrons. The summed E-state index contributed by atoms with van der Waals surface area (Å²) in [5, 5.41) is 13.7. The van der Waals surface area contributed by atoms with Crippen LogP contribution in [0.15, 0.2) is 23.0 Å². The summed E-state index contributed by atoms with van der Waals surface area (Å²) in [4.78, 5) is 21.3. The number of hydrogen-bond acceptors (Lipinski definition) is 6. The van der Waals surface area contributed by atoms with E-state index < -0.39 is 17.1 Å². The first-order chi connectivity index (χ1) is 7.95. The molecule has 0 bridgehead atoms. The summed E-state index contributed by atoms with van der Waals surface area (Å²) in [5.41, 5.74) is 1.14. The lowest BCUT2D eigenvalue weighted by Gasteiger charge is -2.22. The number of carbonyl (C=O) groups is 1. The number of methoxy groups -OCH3 is 1. The first-order valence-electron chi connectivity index (χ1n) is 4.94. The number of rotatable bonds is 4. The average molecular weight is 242 g/mol. The van der Waals surface area contributed by atoms with Gasteiger partial charge in [0.25, 0.3) is 5.70 Å². The molecular weight excluding hydrogens is 228 g/mol. The van der Waals surface area contributed by atoms with E-state index in [1.807, 2.05) is 0 Å². The highest BCUT2D eigenvalue weighted by atomic mass is 16.6. The first kappa shape index (κ1) is 13.2. The normalized spacial score (nSPS) is 19.5. The molecule has 0 aromatic heterocycles. The second-order valence-electron chi connectivity index (χ2n) is 3.56. The predicted octanol–water partition coefficient (Wildman–Crippen LogP) is 0.560. The first-order valence-corrected chi connectivity index (χ1v) is 4.94. The fourth-order valence-corrected chi connectivity index (χ4v) is 1.49. The number of carbonyl (C=O) groups excluding carboxylic acids is 1. The zero-order valence-corrected chi connectivity index (χ0v) is 9.85.